The smallest absolute Gasteiger partial charge is 0.425 e. The molecule has 0 aromatic carbocycles. The molecule has 5 rings (SSSR count). The van der Waals surface area contributed by atoms with Crippen molar-refractivity contribution in [2.75, 3.05) is 6.54 Å². The molecule has 14 heteroatoms. The summed E-state index contributed by atoms with van der Waals surface area (Å²) in [6.07, 6.45) is -5.44. The SMILES string of the molecule is CC(C)(C)[C@H](NC(=O)OC(C1CC1)C(F)(F)F)C(=O)N1C[C@H]2[C@@H]([C@H]1C(=O)N[C@@H](C[C@@H]1CC3(CC3)NC1=O)C(N)=O)C2(C)C. The number of nitrogens with one attached hydrogen (secondary N) is 3. The number of likely N-dealkylation sites (tertiary alicyclic amines) is 1. The van der Waals surface area contributed by atoms with E-state index >= 15 is 0 Å². The molecule has 2 saturated heterocycles. The number of alkyl halides is 3. The number of carbonyl (C=O) groups is 5. The van der Waals surface area contributed by atoms with Crippen LogP contribution in [0.1, 0.15) is 73.1 Å². The minimum atomic E-state index is -4.74. The molecule has 5 fully saturated rings. The predicted octanol–water partition coefficient (Wildman–Crippen LogP) is 1.98. The predicted molar refractivity (Wildman–Crippen MR) is 146 cm³/mol. The van der Waals surface area contributed by atoms with Crippen LogP contribution in [0.2, 0.25) is 0 Å². The molecular weight excluding hydrogens is 571 g/mol. The molecule has 0 aromatic heterocycles. The van der Waals surface area contributed by atoms with Crippen molar-refractivity contribution in [1.82, 2.24) is 20.9 Å². The molecule has 2 aliphatic heterocycles. The van der Waals surface area contributed by atoms with Gasteiger partial charge in [0.2, 0.25) is 29.7 Å². The van der Waals surface area contributed by atoms with Crippen molar-refractivity contribution in [2.24, 2.45) is 40.2 Å². The Hall–Kier alpha value is -3.06. The summed E-state index contributed by atoms with van der Waals surface area (Å²) in [5.74, 6) is -3.79. The number of alkyl carbamates (subject to hydrolysis) is 1. The Balaban J connectivity index is 1.31. The molecule has 5 aliphatic rings. The van der Waals surface area contributed by atoms with Gasteiger partial charge in [-0.3, -0.25) is 19.2 Å². The Bertz CT molecular complexity index is 1210. The van der Waals surface area contributed by atoms with E-state index in [4.69, 9.17) is 10.5 Å². The van der Waals surface area contributed by atoms with Crippen LogP contribution in [0, 0.1) is 34.5 Å². The normalized spacial score (nSPS) is 30.5. The minimum absolute atomic E-state index is 0.0339. The van der Waals surface area contributed by atoms with Crippen molar-refractivity contribution < 1.29 is 41.9 Å². The molecule has 240 valence electrons. The highest BCUT2D eigenvalue weighted by atomic mass is 19.4. The standard InChI is InChI=1S/C29H42F3N5O6/c1-26(2,3)19(35-25(42)43-20(13-6-7-13)29(30,31)32)24(41)37-12-15-17(27(15,4)5)18(37)23(40)34-16(21(33)38)10-14-11-28(8-9-28)36-22(14)39/h13-20H,6-12H2,1-5H3,(H2,33,38)(H,34,40)(H,35,42)(H,36,39)/t14-,15+,16+,17+,18+,19-,20?/m1/s1. The molecule has 1 unspecified atom stereocenters. The highest BCUT2D eigenvalue weighted by Gasteiger charge is 2.70. The zero-order valence-corrected chi connectivity index (χ0v) is 25.2. The van der Waals surface area contributed by atoms with Crippen LogP contribution in [0.15, 0.2) is 0 Å². The van der Waals surface area contributed by atoms with E-state index in [1.54, 1.807) is 20.8 Å². The van der Waals surface area contributed by atoms with Crippen LogP contribution >= 0.6 is 0 Å². The molecule has 11 nitrogen and oxygen atoms in total. The summed E-state index contributed by atoms with van der Waals surface area (Å²) in [7, 11) is 0. The van der Waals surface area contributed by atoms with Gasteiger partial charge in [0.15, 0.2) is 0 Å². The molecule has 3 saturated carbocycles. The van der Waals surface area contributed by atoms with Crippen molar-refractivity contribution in [2.45, 2.75) is 109 Å². The lowest BCUT2D eigenvalue weighted by molar-refractivity contribution is -0.209. The highest BCUT2D eigenvalue weighted by molar-refractivity contribution is 5.95. The van der Waals surface area contributed by atoms with Crippen LogP contribution in [0.5, 0.6) is 0 Å². The first-order valence-electron chi connectivity index (χ1n) is 15.0. The van der Waals surface area contributed by atoms with Gasteiger partial charge < -0.3 is 31.3 Å². The van der Waals surface area contributed by atoms with E-state index in [0.29, 0.717) is 19.3 Å². The molecule has 43 heavy (non-hydrogen) atoms. The number of hydrogen-bond donors (Lipinski definition) is 4. The summed E-state index contributed by atoms with van der Waals surface area (Å²) in [5, 5.41) is 8.00. The second-order valence-corrected chi connectivity index (χ2v) is 14.9. The van der Waals surface area contributed by atoms with E-state index in [0.717, 1.165) is 12.8 Å². The van der Waals surface area contributed by atoms with Gasteiger partial charge in [-0.2, -0.15) is 13.2 Å². The maximum atomic E-state index is 14.0. The summed E-state index contributed by atoms with van der Waals surface area (Å²) in [5.41, 5.74) is 4.19. The van der Waals surface area contributed by atoms with E-state index in [9.17, 15) is 37.1 Å². The fourth-order valence-electron chi connectivity index (χ4n) is 7.16. The summed E-state index contributed by atoms with van der Waals surface area (Å²) in [6.45, 7) is 9.09. The number of rotatable bonds is 9. The van der Waals surface area contributed by atoms with Crippen LogP contribution in [0.25, 0.3) is 0 Å². The number of fused-ring (bicyclic) bond motifs is 1. The van der Waals surface area contributed by atoms with Crippen LogP contribution in [0.4, 0.5) is 18.0 Å². The Morgan fingerprint density at radius 2 is 1.74 bits per heavy atom. The zero-order valence-electron chi connectivity index (χ0n) is 25.2. The largest absolute Gasteiger partial charge is 0.436 e. The lowest BCUT2D eigenvalue weighted by atomic mass is 9.85. The van der Waals surface area contributed by atoms with Crippen molar-refractivity contribution in [3.63, 3.8) is 0 Å². The van der Waals surface area contributed by atoms with Gasteiger partial charge >= 0.3 is 12.3 Å². The van der Waals surface area contributed by atoms with Gasteiger partial charge in [0.05, 0.1) is 0 Å². The van der Waals surface area contributed by atoms with Gasteiger partial charge in [-0.05, 0) is 61.2 Å². The monoisotopic (exact) mass is 613 g/mol. The molecule has 7 atom stereocenters. The van der Waals surface area contributed by atoms with Crippen molar-refractivity contribution in [3.05, 3.63) is 0 Å². The Morgan fingerprint density at radius 3 is 2.23 bits per heavy atom. The van der Waals surface area contributed by atoms with Gasteiger partial charge in [0.25, 0.3) is 0 Å². The molecule has 0 bridgehead atoms. The lowest BCUT2D eigenvalue weighted by Crippen LogP contribution is -2.61. The zero-order chi connectivity index (χ0) is 31.9. The number of ether oxygens (including phenoxy) is 1. The molecule has 5 N–H and O–H groups in total. The van der Waals surface area contributed by atoms with Crippen LogP contribution < -0.4 is 21.7 Å². The second-order valence-electron chi connectivity index (χ2n) is 14.9. The number of nitrogens with zero attached hydrogens (tertiary/aromatic N) is 1. The van der Waals surface area contributed by atoms with Crippen LogP contribution in [-0.4, -0.2) is 77.1 Å². The van der Waals surface area contributed by atoms with Crippen molar-refractivity contribution in [3.8, 4) is 0 Å². The van der Waals surface area contributed by atoms with Gasteiger partial charge in [-0.15, -0.1) is 0 Å². The number of primary amides is 1. The van der Waals surface area contributed by atoms with Gasteiger partial charge in [-0.1, -0.05) is 34.6 Å². The van der Waals surface area contributed by atoms with Gasteiger partial charge in [0, 0.05) is 23.9 Å². The first kappa shape index (κ1) is 31.4. The summed E-state index contributed by atoms with van der Waals surface area (Å²) >= 11 is 0. The fourth-order valence-corrected chi connectivity index (χ4v) is 7.16. The van der Waals surface area contributed by atoms with E-state index in [1.807, 2.05) is 13.8 Å². The van der Waals surface area contributed by atoms with E-state index in [1.165, 1.54) is 4.90 Å². The Kier molecular flexibility index (Phi) is 7.48. The average molecular weight is 614 g/mol. The molecular formula is C29H42F3N5O6. The van der Waals surface area contributed by atoms with E-state index < -0.39 is 71.5 Å². The minimum Gasteiger partial charge on any atom is -0.436 e. The van der Waals surface area contributed by atoms with Crippen LogP contribution in [-0.2, 0) is 23.9 Å². The van der Waals surface area contributed by atoms with Crippen molar-refractivity contribution >= 4 is 29.7 Å². The molecule has 2 heterocycles. The molecule has 3 aliphatic carbocycles. The molecule has 5 amide bonds. The first-order valence-corrected chi connectivity index (χ1v) is 15.0. The maximum Gasteiger partial charge on any atom is 0.425 e. The third-order valence-corrected chi connectivity index (χ3v) is 10.2. The Morgan fingerprint density at radius 1 is 1.12 bits per heavy atom. The lowest BCUT2D eigenvalue weighted by Gasteiger charge is -2.38. The number of halogens is 3. The van der Waals surface area contributed by atoms with Crippen molar-refractivity contribution in [1.29, 1.82) is 0 Å². The third kappa shape index (κ3) is 6.15. The fraction of sp³-hybridized carbons (Fsp3) is 0.828. The maximum absolute atomic E-state index is 14.0. The summed E-state index contributed by atoms with van der Waals surface area (Å²) in [6, 6.07) is -3.44. The molecule has 0 aromatic rings. The number of hydrogen-bond acceptors (Lipinski definition) is 6. The quantitative estimate of drug-likeness (QED) is 0.311. The average Bonchev–Trinajstić information content (AvgIpc) is 3.82. The first-order chi connectivity index (χ1) is 19.7. The van der Waals surface area contributed by atoms with E-state index in [-0.39, 0.29) is 41.7 Å². The highest BCUT2D eigenvalue weighted by Crippen LogP contribution is 2.65. The number of nitrogens with two attached hydrogens (primary N) is 1. The van der Waals surface area contributed by atoms with Crippen LogP contribution in [0.3, 0.4) is 0 Å². The van der Waals surface area contributed by atoms with E-state index in [2.05, 4.69) is 16.0 Å². The van der Waals surface area contributed by atoms with Gasteiger partial charge in [-0.25, -0.2) is 4.79 Å². The number of piperidine rings is 1. The third-order valence-electron chi connectivity index (χ3n) is 10.2. The number of carbonyl (C=O) groups excluding carboxylic acids is 5. The second kappa shape index (κ2) is 10.3. The molecule has 1 spiro atoms. The Labute approximate surface area is 248 Å². The number of amides is 5. The summed E-state index contributed by atoms with van der Waals surface area (Å²) < 4.78 is 45.2. The van der Waals surface area contributed by atoms with Gasteiger partial charge in [0.1, 0.15) is 18.1 Å². The topological polar surface area (TPSA) is 160 Å². The molecule has 0 radical (unpaired) electrons. The summed E-state index contributed by atoms with van der Waals surface area (Å²) in [4.78, 5) is 66.7.